The molecule has 5 nitrogen and oxygen atoms in total. The van der Waals surface area contributed by atoms with Crippen LogP contribution in [0.25, 0.3) is 0 Å². The molecule has 0 aromatic rings. The third kappa shape index (κ3) is 13.1. The highest BCUT2D eigenvalue weighted by Crippen LogP contribution is 2.21. The first-order valence-corrected chi connectivity index (χ1v) is 12.6. The molecule has 30 heavy (non-hydrogen) atoms. The Balaban J connectivity index is 1.86. The predicted octanol–water partition coefficient (Wildman–Crippen LogP) is 4.91. The predicted molar refractivity (Wildman–Crippen MR) is 123 cm³/mol. The molecular weight excluding hydrogens is 380 g/mol. The van der Waals surface area contributed by atoms with Crippen molar-refractivity contribution in [1.82, 2.24) is 0 Å². The quantitative estimate of drug-likeness (QED) is 0.190. The highest BCUT2D eigenvalue weighted by Gasteiger charge is 2.40. The molecule has 3 N–H and O–H groups in total. The third-order valence-corrected chi connectivity index (χ3v) is 5.95. The van der Waals surface area contributed by atoms with Gasteiger partial charge in [-0.1, -0.05) is 89.7 Å². The molecule has 178 valence electrons. The summed E-state index contributed by atoms with van der Waals surface area (Å²) in [5.41, 5.74) is 0. The fourth-order valence-corrected chi connectivity index (χ4v) is 4.02. The summed E-state index contributed by atoms with van der Waals surface area (Å²) in [6, 6.07) is 0. The number of hydrogen-bond acceptors (Lipinski definition) is 5. The van der Waals surface area contributed by atoms with Crippen LogP contribution in [0.2, 0.25) is 0 Å². The van der Waals surface area contributed by atoms with E-state index in [-0.39, 0.29) is 13.2 Å². The van der Waals surface area contributed by atoms with E-state index < -0.39 is 24.4 Å². The van der Waals surface area contributed by atoms with Gasteiger partial charge >= 0.3 is 0 Å². The number of hydrogen-bond donors (Lipinski definition) is 3. The summed E-state index contributed by atoms with van der Waals surface area (Å²) in [7, 11) is 0. The Labute approximate surface area is 184 Å². The molecule has 0 radical (unpaired) electrons. The van der Waals surface area contributed by atoms with Gasteiger partial charge in [0.1, 0.15) is 24.4 Å². The Hall–Kier alpha value is -0.460. The summed E-state index contributed by atoms with van der Waals surface area (Å²) >= 11 is 0. The van der Waals surface area contributed by atoms with Gasteiger partial charge < -0.3 is 24.8 Å². The Bertz CT molecular complexity index is 401. The van der Waals surface area contributed by atoms with Gasteiger partial charge in [0.15, 0.2) is 0 Å². The number of aliphatic hydroxyl groups excluding tert-OH is 3. The van der Waals surface area contributed by atoms with E-state index in [2.05, 4.69) is 19.1 Å². The lowest BCUT2D eigenvalue weighted by Gasteiger charge is -2.23. The number of rotatable bonds is 20. The monoisotopic (exact) mass is 428 g/mol. The molecule has 0 bridgehead atoms. The Morgan fingerprint density at radius 3 is 1.97 bits per heavy atom. The number of ether oxygens (including phenoxy) is 2. The lowest BCUT2D eigenvalue weighted by Crippen LogP contribution is -2.42. The highest BCUT2D eigenvalue weighted by molar-refractivity contribution is 4.89. The first-order valence-electron chi connectivity index (χ1n) is 12.6. The summed E-state index contributed by atoms with van der Waals surface area (Å²) in [4.78, 5) is 0. The van der Waals surface area contributed by atoms with Crippen molar-refractivity contribution in [1.29, 1.82) is 0 Å². The van der Waals surface area contributed by atoms with Crippen molar-refractivity contribution >= 4 is 0 Å². The average molecular weight is 429 g/mol. The zero-order chi connectivity index (χ0) is 21.9. The average Bonchev–Trinajstić information content (AvgIpc) is 3.12. The van der Waals surface area contributed by atoms with Gasteiger partial charge in [-0.05, 0) is 25.7 Å². The first-order chi connectivity index (χ1) is 14.7. The van der Waals surface area contributed by atoms with Gasteiger partial charge in [0.05, 0.1) is 13.2 Å². The van der Waals surface area contributed by atoms with Gasteiger partial charge in [-0.25, -0.2) is 0 Å². The van der Waals surface area contributed by atoms with Crippen LogP contribution in [-0.2, 0) is 9.47 Å². The summed E-state index contributed by atoms with van der Waals surface area (Å²) in [6.45, 7) is 2.54. The van der Waals surface area contributed by atoms with E-state index in [0.29, 0.717) is 6.61 Å². The van der Waals surface area contributed by atoms with Gasteiger partial charge in [-0.3, -0.25) is 0 Å². The molecule has 1 heterocycles. The van der Waals surface area contributed by atoms with E-state index in [4.69, 9.17) is 14.6 Å². The SMILES string of the molecule is CCCCCCCCCCCCCC/C=C/CCCO[C@@H]1[C@H]([C@H](O)CO)OC[C@@H]1O. The van der Waals surface area contributed by atoms with Crippen molar-refractivity contribution in [3.05, 3.63) is 12.2 Å². The van der Waals surface area contributed by atoms with E-state index in [1.807, 2.05) is 0 Å². The van der Waals surface area contributed by atoms with E-state index in [0.717, 1.165) is 19.3 Å². The number of unbranched alkanes of at least 4 members (excludes halogenated alkanes) is 13. The summed E-state index contributed by atoms with van der Waals surface area (Å²) in [6.07, 6.45) is 21.1. The van der Waals surface area contributed by atoms with Crippen LogP contribution >= 0.6 is 0 Å². The van der Waals surface area contributed by atoms with Crippen LogP contribution in [-0.4, -0.2) is 59.6 Å². The summed E-state index contributed by atoms with van der Waals surface area (Å²) in [5.74, 6) is 0. The van der Waals surface area contributed by atoms with E-state index in [1.165, 1.54) is 77.0 Å². The van der Waals surface area contributed by atoms with Crippen LogP contribution in [0.15, 0.2) is 12.2 Å². The molecule has 0 aromatic carbocycles. The minimum Gasteiger partial charge on any atom is -0.394 e. The zero-order valence-corrected chi connectivity index (χ0v) is 19.4. The first kappa shape index (κ1) is 27.6. The summed E-state index contributed by atoms with van der Waals surface area (Å²) in [5, 5.41) is 28.7. The van der Waals surface area contributed by atoms with Gasteiger partial charge in [-0.2, -0.15) is 0 Å². The largest absolute Gasteiger partial charge is 0.394 e. The van der Waals surface area contributed by atoms with Gasteiger partial charge in [0, 0.05) is 6.61 Å². The maximum atomic E-state index is 9.89. The van der Waals surface area contributed by atoms with Crippen LogP contribution in [0.3, 0.4) is 0 Å². The van der Waals surface area contributed by atoms with E-state index in [1.54, 1.807) is 0 Å². The Morgan fingerprint density at radius 2 is 1.40 bits per heavy atom. The van der Waals surface area contributed by atoms with Crippen molar-refractivity contribution in [2.45, 2.75) is 128 Å². The van der Waals surface area contributed by atoms with Crippen LogP contribution < -0.4 is 0 Å². The van der Waals surface area contributed by atoms with Crippen LogP contribution in [0, 0.1) is 0 Å². The molecule has 1 saturated heterocycles. The maximum Gasteiger partial charge on any atom is 0.114 e. The minimum atomic E-state index is -1.01. The second-order valence-electron chi connectivity index (χ2n) is 8.74. The van der Waals surface area contributed by atoms with Crippen LogP contribution in [0.4, 0.5) is 0 Å². The number of aliphatic hydroxyl groups is 3. The van der Waals surface area contributed by atoms with E-state index >= 15 is 0 Å². The maximum absolute atomic E-state index is 9.89. The second kappa shape index (κ2) is 19.2. The molecule has 0 aliphatic carbocycles. The van der Waals surface area contributed by atoms with Crippen molar-refractivity contribution in [3.63, 3.8) is 0 Å². The van der Waals surface area contributed by atoms with Crippen LogP contribution in [0.5, 0.6) is 0 Å². The zero-order valence-electron chi connectivity index (χ0n) is 19.4. The van der Waals surface area contributed by atoms with Crippen molar-refractivity contribution in [2.24, 2.45) is 0 Å². The molecule has 4 atom stereocenters. The standard InChI is InChI=1S/C25H48O5/c1-2-3-4-5-6-7-8-9-10-11-12-13-14-15-16-17-18-19-29-25-23(28)21-30-24(25)22(27)20-26/h15-16,22-28H,2-14,17-21H2,1H3/b16-15+/t22-,23+,24+,25+/m1/s1. The van der Waals surface area contributed by atoms with E-state index in [9.17, 15) is 10.2 Å². The minimum absolute atomic E-state index is 0.144. The molecule has 5 heteroatoms. The van der Waals surface area contributed by atoms with Crippen LogP contribution in [0.1, 0.15) is 103 Å². The van der Waals surface area contributed by atoms with Gasteiger partial charge in [0.25, 0.3) is 0 Å². The molecule has 1 aliphatic heterocycles. The van der Waals surface area contributed by atoms with Gasteiger partial charge in [-0.15, -0.1) is 0 Å². The molecular formula is C25H48O5. The fraction of sp³-hybridized carbons (Fsp3) is 0.920. The highest BCUT2D eigenvalue weighted by atomic mass is 16.6. The summed E-state index contributed by atoms with van der Waals surface area (Å²) < 4.78 is 11.0. The van der Waals surface area contributed by atoms with Crippen molar-refractivity contribution in [3.8, 4) is 0 Å². The van der Waals surface area contributed by atoms with Crippen molar-refractivity contribution in [2.75, 3.05) is 19.8 Å². The fourth-order valence-electron chi connectivity index (χ4n) is 4.02. The molecule has 1 rings (SSSR count). The topological polar surface area (TPSA) is 79.2 Å². The molecule has 0 unspecified atom stereocenters. The lowest BCUT2D eigenvalue weighted by atomic mass is 10.0. The second-order valence-corrected chi connectivity index (χ2v) is 8.74. The van der Waals surface area contributed by atoms with Crippen molar-refractivity contribution < 1.29 is 24.8 Å². The molecule has 0 amide bonds. The molecule has 0 spiro atoms. The normalized spacial score (nSPS) is 22.9. The third-order valence-electron chi connectivity index (χ3n) is 5.95. The molecule has 1 fully saturated rings. The molecule has 1 aliphatic rings. The Kier molecular flexibility index (Phi) is 17.7. The number of allylic oxidation sites excluding steroid dienone is 2. The van der Waals surface area contributed by atoms with Gasteiger partial charge in [0.2, 0.25) is 0 Å². The smallest absolute Gasteiger partial charge is 0.114 e. The Morgan fingerprint density at radius 1 is 0.867 bits per heavy atom. The molecule has 0 saturated carbocycles. The lowest BCUT2D eigenvalue weighted by molar-refractivity contribution is -0.0935. The molecule has 0 aromatic heterocycles.